The highest BCUT2D eigenvalue weighted by Crippen LogP contribution is 2.27. The van der Waals surface area contributed by atoms with Gasteiger partial charge in [0.2, 0.25) is 53.2 Å². The fourth-order valence-electron chi connectivity index (χ4n) is 10.6. The summed E-state index contributed by atoms with van der Waals surface area (Å²) in [6, 6.07) is 5.82. The molecule has 0 aromatic heterocycles. The third kappa shape index (κ3) is 20.9. The Morgan fingerprint density at radius 2 is 1.09 bits per heavy atom. The van der Waals surface area contributed by atoms with E-state index in [1.54, 1.807) is 60.7 Å². The van der Waals surface area contributed by atoms with Crippen molar-refractivity contribution >= 4 is 71.1 Å². The van der Waals surface area contributed by atoms with Crippen molar-refractivity contribution in [2.75, 3.05) is 52.4 Å². The number of unbranched alkanes of at least 4 members (excludes halogenated alkanes) is 1. The van der Waals surface area contributed by atoms with Gasteiger partial charge in [-0.05, 0) is 81.9 Å². The molecule has 2 aromatic carbocycles. The molecule has 30 nitrogen and oxygen atoms in total. The molecule has 30 heteroatoms. The number of aliphatic imine (C=N–C) groups is 2. The lowest BCUT2D eigenvalue weighted by atomic mass is 10.0. The number of aliphatic hydroxyl groups is 2. The maximum Gasteiger partial charge on any atom is 0.326 e. The van der Waals surface area contributed by atoms with Crippen molar-refractivity contribution in [1.82, 2.24) is 46.6 Å². The molecule has 2 aromatic rings. The summed E-state index contributed by atoms with van der Waals surface area (Å²) >= 11 is 0. The topological polar surface area (TPSA) is 494 Å². The summed E-state index contributed by atoms with van der Waals surface area (Å²) in [6.07, 6.45) is 1.65. The normalized spacial score (nSPS) is 19.3. The number of carboxylic acids is 1. The van der Waals surface area contributed by atoms with E-state index < -0.39 is 133 Å². The van der Waals surface area contributed by atoms with Gasteiger partial charge < -0.3 is 96.3 Å². The fraction of sp³-hybridized carbons (Fsp3) is 0.571. The van der Waals surface area contributed by atoms with E-state index in [2.05, 4.69) is 41.9 Å². The average molecular weight is 1200 g/mol. The van der Waals surface area contributed by atoms with E-state index in [0.717, 1.165) is 9.80 Å². The van der Waals surface area contributed by atoms with Crippen LogP contribution in [0.5, 0.6) is 0 Å². The Bertz CT molecular complexity index is 2700. The summed E-state index contributed by atoms with van der Waals surface area (Å²) < 4.78 is 0. The van der Waals surface area contributed by atoms with E-state index in [1.807, 2.05) is 0 Å². The summed E-state index contributed by atoms with van der Waals surface area (Å²) in [4.78, 5) is 149. The molecule has 0 radical (unpaired) electrons. The van der Waals surface area contributed by atoms with Crippen LogP contribution in [0.15, 0.2) is 70.6 Å². The summed E-state index contributed by atoms with van der Waals surface area (Å²) in [7, 11) is 0. The smallest absolute Gasteiger partial charge is 0.326 e. The van der Waals surface area contributed by atoms with E-state index in [1.165, 1.54) is 4.90 Å². The second kappa shape index (κ2) is 34.5. The molecule has 3 saturated heterocycles. The highest BCUT2D eigenvalue weighted by molar-refractivity contribution is 5.98. The molecule has 21 N–H and O–H groups in total. The minimum atomic E-state index is -1.64. The number of β-amino-alcohol motifs (C(OH)–C–C–N with tert-alkyl or cyclic N) is 1. The molecule has 9 amide bonds. The molecule has 5 rings (SSSR count). The number of hydrogen-bond donors (Lipinski definition) is 15. The molecule has 472 valence electrons. The van der Waals surface area contributed by atoms with Crippen molar-refractivity contribution in [3.8, 4) is 0 Å². The van der Waals surface area contributed by atoms with Crippen molar-refractivity contribution in [2.45, 2.75) is 150 Å². The lowest BCUT2D eigenvalue weighted by Crippen LogP contribution is -2.60. The van der Waals surface area contributed by atoms with Gasteiger partial charge in [-0.1, -0.05) is 67.1 Å². The molecule has 3 aliphatic rings. The number of carbonyl (C=O) groups is 10. The Hall–Kier alpha value is -8.48. The molecule has 86 heavy (non-hydrogen) atoms. The standard InChI is InChI=1S/C56H85N17O13/c57-22-8-7-17-36(58)46(77)67-37(18-9-23-63-55(59)60)51(82)72-26-12-21-43(72)53(84)73-31-35(75)29-44(73)49(80)65-30-45(76)66-39(27-33-13-3-1-4-14-33)47(78)70-41(32-74)52(83)71-25-11-20-42(71)50(81)69-40(28-34-15-5-2-6-16-34)48(79)68-38(54(85)86)19-10-24-64-56(61)62/h1-6,13-16,35-44,74-75H,7-12,17-32,57-58H2,(H,65,80)(H,66,76)(H,67,77)(H,68,79)(H,69,81)(H,70,78)(H,85,86)(H4,59,60,63)(H4,61,62,64)/t35?,36-,37-,38-,39-,40-,41-,42-,43-,44-/m0/s1. The third-order valence-electron chi connectivity index (χ3n) is 15.0. The number of nitrogens with zero attached hydrogens (tertiary/aromatic N) is 5. The molecule has 0 spiro atoms. The molecule has 0 aliphatic carbocycles. The van der Waals surface area contributed by atoms with Crippen LogP contribution in [-0.4, -0.2) is 214 Å². The highest BCUT2D eigenvalue weighted by atomic mass is 16.4. The number of amides is 9. The number of guanidine groups is 2. The summed E-state index contributed by atoms with van der Waals surface area (Å²) in [5.41, 5.74) is 34.7. The lowest BCUT2D eigenvalue weighted by Gasteiger charge is -2.33. The van der Waals surface area contributed by atoms with Gasteiger partial charge in [-0.15, -0.1) is 0 Å². The number of benzene rings is 2. The number of aliphatic carboxylic acids is 1. The number of carbonyl (C=O) groups excluding carboxylic acids is 9. The zero-order valence-corrected chi connectivity index (χ0v) is 48.2. The Morgan fingerprint density at radius 1 is 0.581 bits per heavy atom. The van der Waals surface area contributed by atoms with E-state index in [9.17, 15) is 63.3 Å². The van der Waals surface area contributed by atoms with Crippen LogP contribution in [0, 0.1) is 0 Å². The summed E-state index contributed by atoms with van der Waals surface area (Å²) in [5, 5.41) is 46.8. The third-order valence-corrected chi connectivity index (χ3v) is 15.0. The molecule has 1 unspecified atom stereocenters. The first-order chi connectivity index (χ1) is 41.1. The predicted molar refractivity (Wildman–Crippen MR) is 314 cm³/mol. The minimum Gasteiger partial charge on any atom is -0.480 e. The second-order valence-electron chi connectivity index (χ2n) is 21.5. The highest BCUT2D eigenvalue weighted by Gasteiger charge is 2.46. The van der Waals surface area contributed by atoms with Crippen LogP contribution in [0.2, 0.25) is 0 Å². The zero-order chi connectivity index (χ0) is 62.9. The van der Waals surface area contributed by atoms with Crippen molar-refractivity contribution in [2.24, 2.45) is 44.4 Å². The van der Waals surface area contributed by atoms with Crippen LogP contribution in [-0.2, 0) is 60.8 Å². The Balaban J connectivity index is 1.24. The maximum atomic E-state index is 14.4. The van der Waals surface area contributed by atoms with E-state index in [0.29, 0.717) is 49.8 Å². The summed E-state index contributed by atoms with van der Waals surface area (Å²) in [5.74, 6) is -8.46. The first kappa shape index (κ1) is 68.3. The van der Waals surface area contributed by atoms with Crippen molar-refractivity contribution in [3.05, 3.63) is 71.8 Å². The minimum absolute atomic E-state index is 0.0205. The number of aliphatic hydroxyl groups excluding tert-OH is 2. The molecule has 10 atom stereocenters. The first-order valence-corrected chi connectivity index (χ1v) is 29.0. The van der Waals surface area contributed by atoms with E-state index in [4.69, 9.17) is 34.4 Å². The Morgan fingerprint density at radius 3 is 1.64 bits per heavy atom. The molecule has 3 heterocycles. The largest absolute Gasteiger partial charge is 0.480 e. The van der Waals surface area contributed by atoms with Gasteiger partial charge in [-0.25, -0.2) is 4.79 Å². The van der Waals surface area contributed by atoms with Gasteiger partial charge in [0.15, 0.2) is 11.9 Å². The van der Waals surface area contributed by atoms with Gasteiger partial charge in [0.1, 0.15) is 48.3 Å². The number of hydrogen-bond acceptors (Lipinski definition) is 16. The van der Waals surface area contributed by atoms with Crippen molar-refractivity contribution in [3.63, 3.8) is 0 Å². The van der Waals surface area contributed by atoms with Crippen LogP contribution >= 0.6 is 0 Å². The Labute approximate surface area is 498 Å². The monoisotopic (exact) mass is 1200 g/mol. The van der Waals surface area contributed by atoms with Gasteiger partial charge in [0.25, 0.3) is 0 Å². The SMILES string of the molecule is NCCCC[C@H](N)C(=O)N[C@@H](CCCN=C(N)N)C(=O)N1CCC[C@H]1C(=O)N1CC(O)C[C@H]1C(=O)NCC(=O)N[C@@H](Cc1ccccc1)C(=O)N[C@@H](CO)C(=O)N1CCC[C@H]1C(=O)N[C@@H](Cc1ccccc1)C(=O)N[C@@H](CCCN=C(N)N)C(=O)O. The quantitative estimate of drug-likeness (QED) is 0.0180. The average Bonchev–Trinajstić information content (AvgIpc) is 3.02. The second-order valence-corrected chi connectivity index (χ2v) is 21.5. The molecular weight excluding hydrogens is 1120 g/mol. The summed E-state index contributed by atoms with van der Waals surface area (Å²) in [6.45, 7) is -1.08. The van der Waals surface area contributed by atoms with Crippen LogP contribution in [0.3, 0.4) is 0 Å². The van der Waals surface area contributed by atoms with Gasteiger partial charge in [0, 0.05) is 52.0 Å². The van der Waals surface area contributed by atoms with Crippen LogP contribution < -0.4 is 66.3 Å². The zero-order valence-electron chi connectivity index (χ0n) is 48.2. The number of carboxylic acid groups (broad SMARTS) is 1. The van der Waals surface area contributed by atoms with E-state index >= 15 is 0 Å². The van der Waals surface area contributed by atoms with Gasteiger partial charge in [0.05, 0.1) is 25.3 Å². The molecule has 3 fully saturated rings. The van der Waals surface area contributed by atoms with Crippen LogP contribution in [0.1, 0.15) is 88.2 Å². The number of nitrogens with one attached hydrogen (secondary N) is 6. The van der Waals surface area contributed by atoms with Crippen LogP contribution in [0.4, 0.5) is 0 Å². The predicted octanol–water partition coefficient (Wildman–Crippen LogP) is -5.40. The van der Waals surface area contributed by atoms with Crippen LogP contribution in [0.25, 0.3) is 0 Å². The van der Waals surface area contributed by atoms with Gasteiger partial charge in [-0.2, -0.15) is 0 Å². The number of likely N-dealkylation sites (tertiary alicyclic amines) is 3. The Kier molecular flexibility index (Phi) is 27.4. The molecular formula is C56H85N17O13. The maximum absolute atomic E-state index is 14.4. The lowest BCUT2D eigenvalue weighted by molar-refractivity contribution is -0.148. The van der Waals surface area contributed by atoms with E-state index in [-0.39, 0.29) is 102 Å². The van der Waals surface area contributed by atoms with Crippen molar-refractivity contribution < 1.29 is 63.3 Å². The van der Waals surface area contributed by atoms with Gasteiger partial charge >= 0.3 is 5.97 Å². The number of rotatable bonds is 33. The first-order valence-electron chi connectivity index (χ1n) is 29.0. The molecule has 3 aliphatic heterocycles. The molecule has 0 saturated carbocycles. The number of nitrogens with two attached hydrogens (primary N) is 6. The molecule has 0 bridgehead atoms. The van der Waals surface area contributed by atoms with Crippen molar-refractivity contribution in [1.29, 1.82) is 0 Å². The fourth-order valence-corrected chi connectivity index (χ4v) is 10.6. The van der Waals surface area contributed by atoms with Gasteiger partial charge in [-0.3, -0.25) is 53.1 Å².